The van der Waals surface area contributed by atoms with Crippen LogP contribution >= 0.6 is 0 Å². The fourth-order valence-electron chi connectivity index (χ4n) is 2.33. The van der Waals surface area contributed by atoms with Crippen molar-refractivity contribution in [3.8, 4) is 0 Å². The number of pyridine rings is 1. The molecule has 0 bridgehead atoms. The predicted molar refractivity (Wildman–Crippen MR) is 71.1 cm³/mol. The Bertz CT molecular complexity index is 294. The summed E-state index contributed by atoms with van der Waals surface area (Å²) in [6.45, 7) is 5.98. The van der Waals surface area contributed by atoms with Crippen LogP contribution in [0.3, 0.4) is 0 Å². The lowest BCUT2D eigenvalue weighted by Gasteiger charge is -2.26. The number of likely N-dealkylation sites (tertiary alicyclic amines) is 1. The highest BCUT2D eigenvalue weighted by Gasteiger charge is 2.08. The van der Waals surface area contributed by atoms with E-state index in [4.69, 9.17) is 0 Å². The van der Waals surface area contributed by atoms with E-state index >= 15 is 0 Å². The average molecular weight is 233 g/mol. The normalized spacial score (nSPS) is 17.2. The first-order valence-corrected chi connectivity index (χ1v) is 6.77. The van der Waals surface area contributed by atoms with Crippen molar-refractivity contribution < 1.29 is 0 Å². The van der Waals surface area contributed by atoms with E-state index in [1.807, 2.05) is 12.4 Å². The molecule has 1 N–H and O–H groups in total. The molecule has 1 aliphatic heterocycles. The van der Waals surface area contributed by atoms with Gasteiger partial charge in [-0.1, -0.05) is 6.42 Å². The second-order valence-corrected chi connectivity index (χ2v) is 4.76. The van der Waals surface area contributed by atoms with Gasteiger partial charge in [0.1, 0.15) is 0 Å². The lowest BCUT2D eigenvalue weighted by molar-refractivity contribution is 0.229. The number of nitrogens with one attached hydrogen (secondary N) is 1. The molecule has 3 nitrogen and oxygen atoms in total. The van der Waals surface area contributed by atoms with E-state index in [1.54, 1.807) is 0 Å². The summed E-state index contributed by atoms with van der Waals surface area (Å²) >= 11 is 0. The summed E-state index contributed by atoms with van der Waals surface area (Å²) in [6, 6.07) is 4.18. The monoisotopic (exact) mass is 233 g/mol. The summed E-state index contributed by atoms with van der Waals surface area (Å²) in [4.78, 5) is 6.60. The molecule has 1 aromatic rings. The smallest absolute Gasteiger partial charge is 0.0270 e. The van der Waals surface area contributed by atoms with Gasteiger partial charge in [-0.15, -0.1) is 0 Å². The second-order valence-electron chi connectivity index (χ2n) is 4.76. The highest BCUT2D eigenvalue weighted by atomic mass is 15.1. The molecule has 3 heteroatoms. The Morgan fingerprint density at radius 1 is 1.06 bits per heavy atom. The first kappa shape index (κ1) is 12.5. The minimum atomic E-state index is 1.07. The zero-order valence-corrected chi connectivity index (χ0v) is 10.6. The van der Waals surface area contributed by atoms with Crippen LogP contribution in [0.1, 0.15) is 24.8 Å². The standard InChI is InChI=1S/C14H23N3/c1-2-11-17(12-3-1)13-10-16-9-6-14-4-7-15-8-5-14/h4-5,7-8,16H,1-3,6,9-13H2. The lowest BCUT2D eigenvalue weighted by Crippen LogP contribution is -2.36. The van der Waals surface area contributed by atoms with Gasteiger partial charge in [-0.05, 0) is 56.6 Å². The summed E-state index contributed by atoms with van der Waals surface area (Å²) in [5.74, 6) is 0. The van der Waals surface area contributed by atoms with E-state index in [0.717, 1.165) is 19.5 Å². The Morgan fingerprint density at radius 2 is 1.82 bits per heavy atom. The maximum Gasteiger partial charge on any atom is 0.0270 e. The van der Waals surface area contributed by atoms with E-state index in [2.05, 4.69) is 27.3 Å². The Balaban J connectivity index is 1.51. The third kappa shape index (κ3) is 4.84. The van der Waals surface area contributed by atoms with Crippen molar-refractivity contribution in [1.82, 2.24) is 15.2 Å². The number of nitrogens with zero attached hydrogens (tertiary/aromatic N) is 2. The molecule has 1 saturated heterocycles. The molecule has 0 radical (unpaired) electrons. The van der Waals surface area contributed by atoms with E-state index < -0.39 is 0 Å². The molecular weight excluding hydrogens is 210 g/mol. The van der Waals surface area contributed by atoms with Gasteiger partial charge in [-0.2, -0.15) is 0 Å². The quantitative estimate of drug-likeness (QED) is 0.758. The summed E-state index contributed by atoms with van der Waals surface area (Å²) in [5, 5.41) is 3.52. The fraction of sp³-hybridized carbons (Fsp3) is 0.643. The third-order valence-electron chi connectivity index (χ3n) is 3.39. The molecule has 1 fully saturated rings. The Morgan fingerprint density at radius 3 is 2.59 bits per heavy atom. The summed E-state index contributed by atoms with van der Waals surface area (Å²) in [5.41, 5.74) is 1.37. The van der Waals surface area contributed by atoms with Crippen LogP contribution in [0.25, 0.3) is 0 Å². The zero-order valence-electron chi connectivity index (χ0n) is 10.6. The molecule has 94 valence electrons. The molecule has 0 amide bonds. The maximum absolute atomic E-state index is 4.02. The summed E-state index contributed by atoms with van der Waals surface area (Å²) < 4.78 is 0. The van der Waals surface area contributed by atoms with Gasteiger partial charge in [0.05, 0.1) is 0 Å². The van der Waals surface area contributed by atoms with Crippen molar-refractivity contribution in [2.75, 3.05) is 32.7 Å². The highest BCUT2D eigenvalue weighted by Crippen LogP contribution is 2.07. The van der Waals surface area contributed by atoms with Gasteiger partial charge < -0.3 is 10.2 Å². The average Bonchev–Trinajstić information content (AvgIpc) is 2.41. The number of rotatable bonds is 6. The van der Waals surface area contributed by atoms with Gasteiger partial charge in [-0.25, -0.2) is 0 Å². The molecule has 0 aromatic carbocycles. The van der Waals surface area contributed by atoms with Crippen molar-refractivity contribution in [3.05, 3.63) is 30.1 Å². The third-order valence-corrected chi connectivity index (χ3v) is 3.39. The fourth-order valence-corrected chi connectivity index (χ4v) is 2.33. The number of hydrogen-bond acceptors (Lipinski definition) is 3. The minimum absolute atomic E-state index is 1.07. The molecule has 2 rings (SSSR count). The zero-order chi connectivity index (χ0) is 11.8. The Hall–Kier alpha value is -0.930. The summed E-state index contributed by atoms with van der Waals surface area (Å²) in [6.07, 6.45) is 9.02. The second kappa shape index (κ2) is 7.41. The molecule has 0 aliphatic carbocycles. The molecule has 0 saturated carbocycles. The van der Waals surface area contributed by atoms with Crippen LogP contribution < -0.4 is 5.32 Å². The predicted octanol–water partition coefficient (Wildman–Crippen LogP) is 1.70. The first-order valence-electron chi connectivity index (χ1n) is 6.77. The van der Waals surface area contributed by atoms with Gasteiger partial charge in [0.25, 0.3) is 0 Å². The molecule has 1 aromatic heterocycles. The van der Waals surface area contributed by atoms with Gasteiger partial charge in [0, 0.05) is 25.5 Å². The van der Waals surface area contributed by atoms with Gasteiger partial charge in [0.2, 0.25) is 0 Å². The number of aromatic nitrogens is 1. The molecule has 0 unspecified atom stereocenters. The van der Waals surface area contributed by atoms with Crippen molar-refractivity contribution in [1.29, 1.82) is 0 Å². The van der Waals surface area contributed by atoms with Crippen LogP contribution in [0.5, 0.6) is 0 Å². The van der Waals surface area contributed by atoms with Crippen LogP contribution in [-0.2, 0) is 6.42 Å². The minimum Gasteiger partial charge on any atom is -0.315 e. The van der Waals surface area contributed by atoms with Crippen LogP contribution in [0.4, 0.5) is 0 Å². The SMILES string of the molecule is c1cc(CCNCCN2CCCCC2)ccn1. The first-order chi connectivity index (χ1) is 8.45. The number of piperidine rings is 1. The van der Waals surface area contributed by atoms with Crippen molar-refractivity contribution in [3.63, 3.8) is 0 Å². The van der Waals surface area contributed by atoms with Crippen LogP contribution in [0, 0.1) is 0 Å². The van der Waals surface area contributed by atoms with Crippen molar-refractivity contribution in [2.45, 2.75) is 25.7 Å². The van der Waals surface area contributed by atoms with Gasteiger partial charge >= 0.3 is 0 Å². The van der Waals surface area contributed by atoms with Crippen LogP contribution in [0.2, 0.25) is 0 Å². The number of hydrogen-bond donors (Lipinski definition) is 1. The Kier molecular flexibility index (Phi) is 5.46. The molecule has 2 heterocycles. The van der Waals surface area contributed by atoms with Gasteiger partial charge in [0.15, 0.2) is 0 Å². The van der Waals surface area contributed by atoms with Gasteiger partial charge in [-0.3, -0.25) is 4.98 Å². The molecular formula is C14H23N3. The van der Waals surface area contributed by atoms with Crippen molar-refractivity contribution in [2.24, 2.45) is 0 Å². The molecule has 17 heavy (non-hydrogen) atoms. The molecule has 1 aliphatic rings. The Labute approximate surface area is 104 Å². The van der Waals surface area contributed by atoms with Crippen LogP contribution in [0.15, 0.2) is 24.5 Å². The maximum atomic E-state index is 4.02. The molecule has 0 atom stereocenters. The molecule has 0 spiro atoms. The lowest BCUT2D eigenvalue weighted by atomic mass is 10.1. The largest absolute Gasteiger partial charge is 0.315 e. The van der Waals surface area contributed by atoms with Crippen LogP contribution in [-0.4, -0.2) is 42.6 Å². The van der Waals surface area contributed by atoms with E-state index in [0.29, 0.717) is 0 Å². The summed E-state index contributed by atoms with van der Waals surface area (Å²) in [7, 11) is 0. The van der Waals surface area contributed by atoms with E-state index in [1.165, 1.54) is 44.5 Å². The van der Waals surface area contributed by atoms with Crippen molar-refractivity contribution >= 4 is 0 Å². The highest BCUT2D eigenvalue weighted by molar-refractivity contribution is 5.09. The van der Waals surface area contributed by atoms with E-state index in [9.17, 15) is 0 Å². The topological polar surface area (TPSA) is 28.2 Å². The van der Waals surface area contributed by atoms with E-state index in [-0.39, 0.29) is 0 Å².